The van der Waals surface area contributed by atoms with Crippen molar-refractivity contribution in [1.82, 2.24) is 9.55 Å². The second kappa shape index (κ2) is 6.20. The zero-order chi connectivity index (χ0) is 17.4. The zero-order valence-electron chi connectivity index (χ0n) is 14.3. The fourth-order valence-electron chi connectivity index (χ4n) is 3.06. The molecule has 2 heterocycles. The van der Waals surface area contributed by atoms with E-state index in [0.717, 1.165) is 5.76 Å². The van der Waals surface area contributed by atoms with E-state index in [-0.39, 0.29) is 5.56 Å². The van der Waals surface area contributed by atoms with E-state index >= 15 is 0 Å². The highest BCUT2D eigenvalue weighted by Gasteiger charge is 2.36. The summed E-state index contributed by atoms with van der Waals surface area (Å²) in [4.78, 5) is 17.0. The van der Waals surface area contributed by atoms with Crippen molar-refractivity contribution in [3.63, 3.8) is 0 Å². The van der Waals surface area contributed by atoms with E-state index < -0.39 is 0 Å². The second-order valence-electron chi connectivity index (χ2n) is 6.43. The molecule has 0 bridgehead atoms. The molecule has 2 aromatic heterocycles. The summed E-state index contributed by atoms with van der Waals surface area (Å²) >= 11 is 0. The number of anilines is 1. The third kappa shape index (κ3) is 2.95. The topological polar surface area (TPSA) is 72.4 Å². The molecule has 1 saturated carbocycles. The summed E-state index contributed by atoms with van der Waals surface area (Å²) < 4.78 is 7.36. The molecule has 1 aliphatic carbocycles. The van der Waals surface area contributed by atoms with E-state index in [2.05, 4.69) is 22.4 Å². The average molecular weight is 336 g/mol. The van der Waals surface area contributed by atoms with Gasteiger partial charge in [0, 0.05) is 12.5 Å². The number of fused-ring (bicyclic) bond motifs is 1. The highest BCUT2D eigenvalue weighted by Crippen LogP contribution is 2.47. The van der Waals surface area contributed by atoms with E-state index in [4.69, 9.17) is 4.42 Å². The smallest absolute Gasteiger partial charge is 0.262 e. The Morgan fingerprint density at radius 1 is 1.36 bits per heavy atom. The third-order valence-corrected chi connectivity index (χ3v) is 4.66. The van der Waals surface area contributed by atoms with Crippen LogP contribution >= 0.6 is 0 Å². The predicted molar refractivity (Wildman–Crippen MR) is 98.1 cm³/mol. The van der Waals surface area contributed by atoms with Crippen LogP contribution in [0.3, 0.4) is 0 Å². The Morgan fingerprint density at radius 2 is 2.16 bits per heavy atom. The van der Waals surface area contributed by atoms with Crippen molar-refractivity contribution < 1.29 is 4.42 Å². The molecule has 3 aromatic rings. The zero-order valence-corrected chi connectivity index (χ0v) is 14.3. The van der Waals surface area contributed by atoms with Crippen LogP contribution in [0.5, 0.6) is 0 Å². The molecule has 0 amide bonds. The minimum atomic E-state index is -0.0752. The summed E-state index contributed by atoms with van der Waals surface area (Å²) in [5.74, 6) is 3.37. The third-order valence-electron chi connectivity index (χ3n) is 4.66. The normalized spacial score (nSPS) is 19.6. The lowest BCUT2D eigenvalue weighted by molar-refractivity contribution is 0.500. The SMILES string of the molecule is CCn1c(N/N=C\c2ccc([C@@H]3C[C@H]3C)o2)nc2ccccc2c1=O. The van der Waals surface area contributed by atoms with Gasteiger partial charge in [-0.1, -0.05) is 19.1 Å². The Bertz CT molecular complexity index is 1000. The van der Waals surface area contributed by atoms with Crippen LogP contribution in [0.25, 0.3) is 10.9 Å². The lowest BCUT2D eigenvalue weighted by Gasteiger charge is -2.10. The quantitative estimate of drug-likeness (QED) is 0.571. The predicted octanol–water partition coefficient (Wildman–Crippen LogP) is 3.58. The fraction of sp³-hybridized carbons (Fsp3) is 0.316. The number of aromatic nitrogens is 2. The molecular formula is C19H20N4O2. The average Bonchev–Trinajstić information content (AvgIpc) is 3.16. The Kier molecular flexibility index (Phi) is 3.87. The number of hydrogen-bond acceptors (Lipinski definition) is 5. The molecule has 6 heteroatoms. The summed E-state index contributed by atoms with van der Waals surface area (Å²) in [5, 5.41) is 4.79. The van der Waals surface area contributed by atoms with Crippen molar-refractivity contribution in [2.24, 2.45) is 11.0 Å². The lowest BCUT2D eigenvalue weighted by atomic mass is 10.2. The van der Waals surface area contributed by atoms with Gasteiger partial charge in [-0.2, -0.15) is 5.10 Å². The van der Waals surface area contributed by atoms with E-state index in [9.17, 15) is 4.79 Å². The summed E-state index contributed by atoms with van der Waals surface area (Å²) in [7, 11) is 0. The van der Waals surface area contributed by atoms with Crippen molar-refractivity contribution in [2.45, 2.75) is 32.7 Å². The van der Waals surface area contributed by atoms with Gasteiger partial charge < -0.3 is 4.42 Å². The lowest BCUT2D eigenvalue weighted by Crippen LogP contribution is -2.23. The van der Waals surface area contributed by atoms with Crippen LogP contribution in [0.1, 0.15) is 37.7 Å². The Hall–Kier alpha value is -2.89. The number of nitrogens with zero attached hydrogens (tertiary/aromatic N) is 3. The summed E-state index contributed by atoms with van der Waals surface area (Å²) in [6, 6.07) is 11.2. The van der Waals surface area contributed by atoms with Gasteiger partial charge in [-0.3, -0.25) is 9.36 Å². The molecule has 0 aliphatic heterocycles. The largest absolute Gasteiger partial charge is 0.460 e. The van der Waals surface area contributed by atoms with Crippen LogP contribution in [0.4, 0.5) is 5.95 Å². The van der Waals surface area contributed by atoms with Crippen molar-refractivity contribution in [2.75, 3.05) is 5.43 Å². The first kappa shape index (κ1) is 15.6. The van der Waals surface area contributed by atoms with Gasteiger partial charge in [0.1, 0.15) is 11.5 Å². The Balaban J connectivity index is 1.58. The fourth-order valence-corrected chi connectivity index (χ4v) is 3.06. The number of hydrogen-bond donors (Lipinski definition) is 1. The first-order valence-corrected chi connectivity index (χ1v) is 8.55. The van der Waals surface area contributed by atoms with Crippen LogP contribution in [-0.2, 0) is 6.54 Å². The van der Waals surface area contributed by atoms with Gasteiger partial charge in [-0.05, 0) is 43.5 Å². The first-order valence-electron chi connectivity index (χ1n) is 8.55. The number of rotatable bonds is 5. The summed E-state index contributed by atoms with van der Waals surface area (Å²) in [6.45, 7) is 4.64. The number of benzene rings is 1. The molecule has 1 fully saturated rings. The summed E-state index contributed by atoms with van der Waals surface area (Å²) in [6.07, 6.45) is 2.80. The van der Waals surface area contributed by atoms with Gasteiger partial charge in [-0.15, -0.1) is 0 Å². The van der Waals surface area contributed by atoms with Gasteiger partial charge in [0.05, 0.1) is 17.1 Å². The molecule has 128 valence electrons. The van der Waals surface area contributed by atoms with Crippen molar-refractivity contribution in [3.05, 3.63) is 58.3 Å². The second-order valence-corrected chi connectivity index (χ2v) is 6.43. The molecular weight excluding hydrogens is 316 g/mol. The molecule has 1 aromatic carbocycles. The molecule has 0 unspecified atom stereocenters. The van der Waals surface area contributed by atoms with Gasteiger partial charge in [-0.25, -0.2) is 10.4 Å². The maximum Gasteiger partial charge on any atom is 0.262 e. The van der Waals surface area contributed by atoms with Crippen LogP contribution < -0.4 is 11.0 Å². The Labute approximate surface area is 145 Å². The maximum absolute atomic E-state index is 12.5. The first-order chi connectivity index (χ1) is 12.2. The van der Waals surface area contributed by atoms with Crippen LogP contribution in [-0.4, -0.2) is 15.8 Å². The van der Waals surface area contributed by atoms with E-state index in [1.165, 1.54) is 6.42 Å². The minimum Gasteiger partial charge on any atom is -0.460 e. The molecule has 25 heavy (non-hydrogen) atoms. The number of hydrazone groups is 1. The van der Waals surface area contributed by atoms with Crippen LogP contribution in [0.15, 0.2) is 50.7 Å². The van der Waals surface area contributed by atoms with Gasteiger partial charge in [0.2, 0.25) is 5.95 Å². The van der Waals surface area contributed by atoms with Crippen LogP contribution in [0.2, 0.25) is 0 Å². The van der Waals surface area contributed by atoms with Crippen molar-refractivity contribution in [1.29, 1.82) is 0 Å². The molecule has 0 radical (unpaired) electrons. The standard InChI is InChI=1S/C19H20N4O2/c1-3-23-18(24)14-6-4-5-7-16(14)21-19(23)22-20-11-13-8-9-17(25-13)15-10-12(15)2/h4-9,11-12,15H,3,10H2,1-2H3,(H,21,22)/b20-11-/t12-,15-/m1/s1. The van der Waals surface area contributed by atoms with E-state index in [0.29, 0.717) is 41.0 Å². The van der Waals surface area contributed by atoms with Crippen LogP contribution in [0, 0.1) is 5.92 Å². The molecule has 0 spiro atoms. The molecule has 1 aliphatic rings. The number of furan rings is 1. The highest BCUT2D eigenvalue weighted by atomic mass is 16.3. The molecule has 0 saturated heterocycles. The number of nitrogens with one attached hydrogen (secondary N) is 1. The van der Waals surface area contributed by atoms with Crippen molar-refractivity contribution >= 4 is 23.1 Å². The van der Waals surface area contributed by atoms with Crippen molar-refractivity contribution in [3.8, 4) is 0 Å². The molecule has 4 rings (SSSR count). The highest BCUT2D eigenvalue weighted by molar-refractivity contribution is 5.79. The van der Waals surface area contributed by atoms with E-state index in [1.807, 2.05) is 37.3 Å². The molecule has 6 nitrogen and oxygen atoms in total. The monoisotopic (exact) mass is 336 g/mol. The maximum atomic E-state index is 12.5. The molecule has 1 N–H and O–H groups in total. The van der Waals surface area contributed by atoms with E-state index in [1.54, 1.807) is 16.8 Å². The van der Waals surface area contributed by atoms with Gasteiger partial charge in [0.15, 0.2) is 0 Å². The minimum absolute atomic E-state index is 0.0752. The van der Waals surface area contributed by atoms with Gasteiger partial charge in [0.25, 0.3) is 5.56 Å². The number of para-hydroxylation sites is 1. The Morgan fingerprint density at radius 3 is 2.92 bits per heavy atom. The molecule has 2 atom stereocenters. The van der Waals surface area contributed by atoms with Gasteiger partial charge >= 0.3 is 0 Å². The summed E-state index contributed by atoms with van der Waals surface area (Å²) in [5.41, 5.74) is 3.45.